The molecule has 1 amide bonds. The molecule has 0 saturated carbocycles. The molecule has 1 spiro atoms. The molecule has 2 aliphatic rings. The van der Waals surface area contributed by atoms with Crippen LogP contribution in [0.15, 0.2) is 73.3 Å². The van der Waals surface area contributed by atoms with Gasteiger partial charge in [-0.1, -0.05) is 36.4 Å². The minimum atomic E-state index is -0.0306. The van der Waals surface area contributed by atoms with Crippen molar-refractivity contribution in [1.29, 1.82) is 0 Å². The van der Waals surface area contributed by atoms with Crippen molar-refractivity contribution in [1.82, 2.24) is 34.6 Å². The fourth-order valence-corrected chi connectivity index (χ4v) is 6.31. The predicted octanol–water partition coefficient (Wildman–Crippen LogP) is 4.77. The van der Waals surface area contributed by atoms with Gasteiger partial charge in [0, 0.05) is 50.0 Å². The fraction of sp³-hybridized carbons (Fsp3) is 0.406. The molecule has 0 unspecified atom stereocenters. The molecule has 6 rings (SSSR count). The number of imidazole rings is 2. The van der Waals surface area contributed by atoms with Crippen LogP contribution >= 0.6 is 0 Å². The number of nitrogens with one attached hydrogen (secondary N) is 2. The van der Waals surface area contributed by atoms with Crippen molar-refractivity contribution in [2.24, 2.45) is 5.41 Å². The number of carbonyl (C=O) groups is 1. The van der Waals surface area contributed by atoms with Crippen molar-refractivity contribution < 1.29 is 4.79 Å². The number of aryl methyl sites for hydroxylation is 1. The number of hydrogen-bond donors (Lipinski definition) is 2. The van der Waals surface area contributed by atoms with Gasteiger partial charge in [-0.05, 0) is 80.1 Å². The fourth-order valence-electron chi connectivity index (χ4n) is 6.31. The molecule has 8 nitrogen and oxygen atoms in total. The first kappa shape index (κ1) is 26.5. The van der Waals surface area contributed by atoms with E-state index >= 15 is 0 Å². The second kappa shape index (κ2) is 11.8. The number of hydrogen-bond acceptors (Lipinski definition) is 5. The van der Waals surface area contributed by atoms with Crippen molar-refractivity contribution in [2.75, 3.05) is 26.2 Å². The Bertz CT molecular complexity index is 1340. The maximum Gasteiger partial charge on any atom is 0.254 e. The molecule has 0 atom stereocenters. The monoisotopic (exact) mass is 537 g/mol. The van der Waals surface area contributed by atoms with E-state index in [1.165, 1.54) is 55.6 Å². The highest BCUT2D eigenvalue weighted by atomic mass is 16.2. The predicted molar refractivity (Wildman–Crippen MR) is 155 cm³/mol. The van der Waals surface area contributed by atoms with Crippen molar-refractivity contribution in [3.05, 3.63) is 107 Å². The lowest BCUT2D eigenvalue weighted by Gasteiger charge is -2.39. The van der Waals surface area contributed by atoms with Crippen LogP contribution < -0.4 is 0 Å². The minimum absolute atomic E-state index is 0.0306. The third-order valence-electron chi connectivity index (χ3n) is 8.77. The number of likely N-dealkylation sites (tertiary alicyclic amines) is 2. The second-order valence-corrected chi connectivity index (χ2v) is 11.6. The molecular formula is C32H39N7O. The number of aromatic nitrogens is 4. The smallest absolute Gasteiger partial charge is 0.254 e. The Morgan fingerprint density at radius 3 is 2.08 bits per heavy atom. The molecule has 4 heterocycles. The molecule has 0 radical (unpaired) electrons. The highest BCUT2D eigenvalue weighted by Crippen LogP contribution is 2.41. The number of amides is 1. The van der Waals surface area contributed by atoms with E-state index in [0.717, 1.165) is 31.3 Å². The molecule has 0 bridgehead atoms. The second-order valence-electron chi connectivity index (χ2n) is 11.6. The Kier molecular flexibility index (Phi) is 7.80. The lowest BCUT2D eigenvalue weighted by molar-refractivity contribution is 0.0721. The summed E-state index contributed by atoms with van der Waals surface area (Å²) in [7, 11) is 0. The van der Waals surface area contributed by atoms with E-state index in [1.807, 2.05) is 12.1 Å². The Morgan fingerprint density at radius 1 is 0.850 bits per heavy atom. The van der Waals surface area contributed by atoms with E-state index in [9.17, 15) is 4.79 Å². The number of aromatic amines is 2. The van der Waals surface area contributed by atoms with Gasteiger partial charge in [0.2, 0.25) is 0 Å². The molecular weight excluding hydrogens is 498 g/mol. The molecule has 4 aromatic rings. The minimum Gasteiger partial charge on any atom is -0.347 e. The summed E-state index contributed by atoms with van der Waals surface area (Å²) in [6.07, 6.45) is 10.8. The molecule has 2 fully saturated rings. The summed E-state index contributed by atoms with van der Waals surface area (Å²) in [5, 5.41) is 0. The Hall–Kier alpha value is -3.75. The lowest BCUT2D eigenvalue weighted by atomic mass is 9.77. The van der Waals surface area contributed by atoms with Gasteiger partial charge in [0.1, 0.15) is 11.6 Å². The maximum absolute atomic E-state index is 13.4. The van der Waals surface area contributed by atoms with Crippen molar-refractivity contribution in [3.63, 3.8) is 0 Å². The van der Waals surface area contributed by atoms with E-state index in [-0.39, 0.29) is 5.91 Å². The molecule has 40 heavy (non-hydrogen) atoms. The van der Waals surface area contributed by atoms with Crippen LogP contribution in [0.25, 0.3) is 0 Å². The van der Waals surface area contributed by atoms with E-state index < -0.39 is 0 Å². The average Bonchev–Trinajstić information content (AvgIpc) is 3.75. The first-order valence-electron chi connectivity index (χ1n) is 14.4. The summed E-state index contributed by atoms with van der Waals surface area (Å²) in [6.45, 7) is 9.71. The first-order chi connectivity index (χ1) is 19.6. The van der Waals surface area contributed by atoms with Crippen LogP contribution in [0.2, 0.25) is 0 Å². The maximum atomic E-state index is 13.4. The summed E-state index contributed by atoms with van der Waals surface area (Å²) >= 11 is 0. The molecule has 2 aromatic carbocycles. The Morgan fingerprint density at radius 2 is 1.48 bits per heavy atom. The summed E-state index contributed by atoms with van der Waals surface area (Å²) in [5.74, 6) is 1.47. The average molecular weight is 538 g/mol. The van der Waals surface area contributed by atoms with E-state index in [2.05, 4.69) is 73.1 Å². The normalized spacial score (nSPS) is 17.4. The molecule has 2 aromatic heterocycles. The van der Waals surface area contributed by atoms with Crippen LogP contribution in [0.1, 0.15) is 58.0 Å². The van der Waals surface area contributed by atoms with Gasteiger partial charge in [0.05, 0.1) is 13.1 Å². The van der Waals surface area contributed by atoms with Crippen LogP contribution in [0.3, 0.4) is 0 Å². The van der Waals surface area contributed by atoms with Gasteiger partial charge in [-0.2, -0.15) is 0 Å². The summed E-state index contributed by atoms with van der Waals surface area (Å²) < 4.78 is 0. The van der Waals surface area contributed by atoms with Crippen LogP contribution in [0.4, 0.5) is 0 Å². The molecule has 2 N–H and O–H groups in total. The van der Waals surface area contributed by atoms with Crippen molar-refractivity contribution >= 4 is 5.91 Å². The van der Waals surface area contributed by atoms with Crippen LogP contribution in [0.5, 0.6) is 0 Å². The van der Waals surface area contributed by atoms with Gasteiger partial charge in [0.25, 0.3) is 5.91 Å². The van der Waals surface area contributed by atoms with E-state index in [4.69, 9.17) is 0 Å². The number of rotatable bonds is 9. The zero-order valence-corrected chi connectivity index (χ0v) is 23.4. The number of benzene rings is 2. The van der Waals surface area contributed by atoms with Gasteiger partial charge >= 0.3 is 0 Å². The van der Waals surface area contributed by atoms with Crippen LogP contribution in [-0.4, -0.2) is 66.7 Å². The third-order valence-corrected chi connectivity index (χ3v) is 8.77. The zero-order valence-electron chi connectivity index (χ0n) is 23.4. The third kappa shape index (κ3) is 6.18. The van der Waals surface area contributed by atoms with Gasteiger partial charge in [-0.15, -0.1) is 0 Å². The molecule has 2 aliphatic heterocycles. The first-order valence-corrected chi connectivity index (χ1v) is 14.4. The van der Waals surface area contributed by atoms with Crippen LogP contribution in [0, 0.1) is 12.3 Å². The quantitative estimate of drug-likeness (QED) is 0.321. The number of nitrogens with zero attached hydrogens (tertiary/aromatic N) is 5. The zero-order chi connectivity index (χ0) is 27.4. The van der Waals surface area contributed by atoms with Gasteiger partial charge < -0.3 is 14.9 Å². The molecule has 208 valence electrons. The van der Waals surface area contributed by atoms with Crippen molar-refractivity contribution in [3.8, 4) is 0 Å². The molecule has 8 heteroatoms. The summed E-state index contributed by atoms with van der Waals surface area (Å²) in [6, 6.07) is 16.9. The molecule has 0 aliphatic carbocycles. The van der Waals surface area contributed by atoms with Gasteiger partial charge in [-0.25, -0.2) is 9.97 Å². The van der Waals surface area contributed by atoms with Gasteiger partial charge in [-0.3, -0.25) is 14.6 Å². The number of piperidine rings is 1. The Balaban J connectivity index is 1.03. The van der Waals surface area contributed by atoms with E-state index in [0.29, 0.717) is 24.1 Å². The lowest BCUT2D eigenvalue weighted by Crippen LogP contribution is -2.41. The standard InChI is InChI=1S/C32H39N7O/c1-25-4-2-3-5-28(25)21-37-17-10-32(11-18-37)12-19-38(24-32)20-26-6-8-27(9-7-26)31(40)39(22-29-33-13-14-34-29)23-30-35-15-16-36-30/h2-9,13-16H,10-12,17-24H2,1H3,(H,33,34)(H,35,36). The Labute approximate surface area is 236 Å². The SMILES string of the molecule is Cc1ccccc1CN1CCC2(CC1)CCN(Cc1ccc(C(=O)N(Cc3ncc[nH]3)Cc3ncc[nH]3)cc1)C2. The largest absolute Gasteiger partial charge is 0.347 e. The number of H-pyrrole nitrogens is 2. The van der Waals surface area contributed by atoms with E-state index in [1.54, 1.807) is 29.7 Å². The highest BCUT2D eigenvalue weighted by molar-refractivity contribution is 5.94. The summed E-state index contributed by atoms with van der Waals surface area (Å²) in [5.41, 5.74) is 5.25. The highest BCUT2D eigenvalue weighted by Gasteiger charge is 2.40. The van der Waals surface area contributed by atoms with Crippen molar-refractivity contribution in [2.45, 2.75) is 52.4 Å². The topological polar surface area (TPSA) is 84.2 Å². The summed E-state index contributed by atoms with van der Waals surface area (Å²) in [4.78, 5) is 35.3. The van der Waals surface area contributed by atoms with Crippen LogP contribution in [-0.2, 0) is 26.2 Å². The van der Waals surface area contributed by atoms with Gasteiger partial charge in [0.15, 0.2) is 0 Å². The molecule has 2 saturated heterocycles. The number of carbonyl (C=O) groups excluding carboxylic acids is 1.